The number of carbonyl (C=O) groups excluding carboxylic acids is 2. The van der Waals surface area contributed by atoms with Gasteiger partial charge in [0.2, 0.25) is 0 Å². The Balaban J connectivity index is 1.31. The summed E-state index contributed by atoms with van der Waals surface area (Å²) in [5.74, 6) is 0.0895. The van der Waals surface area contributed by atoms with Gasteiger partial charge in [0.25, 0.3) is 11.8 Å². The molecule has 2 fully saturated rings. The third-order valence-corrected chi connectivity index (χ3v) is 7.24. The van der Waals surface area contributed by atoms with Crippen molar-refractivity contribution < 1.29 is 14.3 Å². The maximum Gasteiger partial charge on any atom is 0.271 e. The van der Waals surface area contributed by atoms with Gasteiger partial charge in [0.1, 0.15) is 5.82 Å². The summed E-state index contributed by atoms with van der Waals surface area (Å²) in [6, 6.07) is 7.67. The van der Waals surface area contributed by atoms with Crippen molar-refractivity contribution in [3.05, 3.63) is 59.7 Å². The van der Waals surface area contributed by atoms with Crippen molar-refractivity contribution in [2.24, 2.45) is 12.8 Å². The minimum absolute atomic E-state index is 0.0310. The lowest BCUT2D eigenvalue weighted by atomic mass is 9.80. The zero-order valence-electron chi connectivity index (χ0n) is 21.3. The fourth-order valence-electron chi connectivity index (χ4n) is 4.92. The predicted molar refractivity (Wildman–Crippen MR) is 139 cm³/mol. The number of aryl methyl sites for hydroxylation is 1. The van der Waals surface area contributed by atoms with Crippen LogP contribution in [0.3, 0.4) is 0 Å². The van der Waals surface area contributed by atoms with Crippen molar-refractivity contribution in [3.8, 4) is 0 Å². The summed E-state index contributed by atoms with van der Waals surface area (Å²) < 4.78 is 7.00. The smallest absolute Gasteiger partial charge is 0.271 e. The molecule has 37 heavy (non-hydrogen) atoms. The van der Waals surface area contributed by atoms with Gasteiger partial charge < -0.3 is 26.0 Å². The molecule has 2 amide bonds. The standard InChI is InChI=1S/C26H32N8O3/c1-16-20(31-25(36)17-6-8-18(9-7-17)26(2)14-37-15-26)5-4-10-34(16)21-12-28-22(23(27)35)24(32-21)30-19-11-29-33(3)13-19/h6-9,11-13,16,20H,4-5,10,14-15H2,1-3H3,(H2,27,35)(H,30,32)(H,31,36)/t16-,20-/m1/s1. The van der Waals surface area contributed by atoms with E-state index in [2.05, 4.69) is 44.4 Å². The van der Waals surface area contributed by atoms with Crippen LogP contribution in [0.1, 0.15) is 53.1 Å². The van der Waals surface area contributed by atoms with Crippen LogP contribution in [-0.4, -0.2) is 63.4 Å². The summed E-state index contributed by atoms with van der Waals surface area (Å²) in [6.07, 6.45) is 6.67. The molecule has 0 saturated carbocycles. The number of ether oxygens (including phenoxy) is 1. The zero-order valence-corrected chi connectivity index (χ0v) is 21.3. The van der Waals surface area contributed by atoms with Gasteiger partial charge in [0.15, 0.2) is 11.5 Å². The van der Waals surface area contributed by atoms with E-state index >= 15 is 0 Å². The number of aromatic nitrogens is 4. The van der Waals surface area contributed by atoms with E-state index in [9.17, 15) is 9.59 Å². The molecule has 4 heterocycles. The molecule has 5 rings (SSSR count). The molecule has 2 aliphatic rings. The highest BCUT2D eigenvalue weighted by molar-refractivity contribution is 5.96. The van der Waals surface area contributed by atoms with Crippen molar-refractivity contribution in [2.45, 2.75) is 44.2 Å². The number of anilines is 3. The Morgan fingerprint density at radius 2 is 1.95 bits per heavy atom. The fraction of sp³-hybridized carbons (Fsp3) is 0.423. The summed E-state index contributed by atoms with van der Waals surface area (Å²) in [5, 5.41) is 10.4. The quantitative estimate of drug-likeness (QED) is 0.445. The molecule has 0 unspecified atom stereocenters. The molecule has 3 aromatic rings. The first-order valence-corrected chi connectivity index (χ1v) is 12.4. The maximum atomic E-state index is 13.1. The number of rotatable bonds is 7. The third-order valence-electron chi connectivity index (χ3n) is 7.24. The highest BCUT2D eigenvalue weighted by Crippen LogP contribution is 2.32. The van der Waals surface area contributed by atoms with E-state index in [1.807, 2.05) is 24.3 Å². The normalized spacial score (nSPS) is 20.7. The second-order valence-electron chi connectivity index (χ2n) is 10.1. The molecule has 11 heteroatoms. The Morgan fingerprint density at radius 3 is 2.57 bits per heavy atom. The molecule has 194 valence electrons. The van der Waals surface area contributed by atoms with Crippen LogP contribution in [-0.2, 0) is 17.2 Å². The Kier molecular flexibility index (Phi) is 6.55. The zero-order chi connectivity index (χ0) is 26.2. The fourth-order valence-corrected chi connectivity index (χ4v) is 4.92. The van der Waals surface area contributed by atoms with E-state index in [4.69, 9.17) is 10.5 Å². The number of primary amides is 1. The van der Waals surface area contributed by atoms with E-state index in [-0.39, 0.29) is 34.9 Å². The number of benzene rings is 1. The highest BCUT2D eigenvalue weighted by atomic mass is 16.5. The Labute approximate surface area is 215 Å². The molecule has 2 saturated heterocycles. The Morgan fingerprint density at radius 1 is 1.19 bits per heavy atom. The van der Waals surface area contributed by atoms with Gasteiger partial charge in [-0.2, -0.15) is 5.10 Å². The average Bonchev–Trinajstić information content (AvgIpc) is 3.28. The van der Waals surface area contributed by atoms with Gasteiger partial charge in [-0.25, -0.2) is 9.97 Å². The minimum atomic E-state index is -0.674. The molecule has 0 radical (unpaired) electrons. The Hall–Kier alpha value is -3.99. The molecule has 0 aliphatic carbocycles. The number of nitrogens with one attached hydrogen (secondary N) is 2. The molecule has 11 nitrogen and oxygen atoms in total. The van der Waals surface area contributed by atoms with E-state index in [0.29, 0.717) is 30.3 Å². The number of amides is 2. The van der Waals surface area contributed by atoms with Gasteiger partial charge in [-0.05, 0) is 37.5 Å². The van der Waals surface area contributed by atoms with Crippen molar-refractivity contribution in [1.29, 1.82) is 0 Å². The van der Waals surface area contributed by atoms with E-state index < -0.39 is 5.91 Å². The van der Waals surface area contributed by atoms with E-state index in [0.717, 1.165) is 19.4 Å². The first-order chi connectivity index (χ1) is 17.7. The molecule has 4 N–H and O–H groups in total. The van der Waals surface area contributed by atoms with Crippen LogP contribution in [0, 0.1) is 0 Å². The van der Waals surface area contributed by atoms with Crippen LogP contribution in [0.4, 0.5) is 17.3 Å². The third kappa shape index (κ3) is 4.99. The van der Waals surface area contributed by atoms with Crippen molar-refractivity contribution in [2.75, 3.05) is 30.0 Å². The van der Waals surface area contributed by atoms with Crippen LogP contribution in [0.5, 0.6) is 0 Å². The van der Waals surface area contributed by atoms with Crippen LogP contribution in [0.2, 0.25) is 0 Å². The lowest BCUT2D eigenvalue weighted by Crippen LogP contribution is -2.54. The summed E-state index contributed by atoms with van der Waals surface area (Å²) in [7, 11) is 1.80. The summed E-state index contributed by atoms with van der Waals surface area (Å²) >= 11 is 0. The maximum absolute atomic E-state index is 13.1. The summed E-state index contributed by atoms with van der Waals surface area (Å²) in [6.45, 7) is 6.39. The van der Waals surface area contributed by atoms with E-state index in [1.165, 1.54) is 5.56 Å². The second-order valence-corrected chi connectivity index (χ2v) is 10.1. The summed E-state index contributed by atoms with van der Waals surface area (Å²) in [4.78, 5) is 36.1. The molecular formula is C26H32N8O3. The predicted octanol–water partition coefficient (Wildman–Crippen LogP) is 2.13. The van der Waals surface area contributed by atoms with Crippen LogP contribution in [0.15, 0.2) is 42.9 Å². The number of hydrogen-bond donors (Lipinski definition) is 3. The number of carbonyl (C=O) groups is 2. The molecule has 2 aliphatic heterocycles. The van der Waals surface area contributed by atoms with Crippen LogP contribution >= 0.6 is 0 Å². The minimum Gasteiger partial charge on any atom is -0.379 e. The van der Waals surface area contributed by atoms with Crippen LogP contribution < -0.4 is 21.3 Å². The number of piperidine rings is 1. The lowest BCUT2D eigenvalue weighted by molar-refractivity contribution is -0.0500. The molecule has 1 aromatic carbocycles. The highest BCUT2D eigenvalue weighted by Gasteiger charge is 2.35. The molecule has 2 aromatic heterocycles. The van der Waals surface area contributed by atoms with Crippen LogP contribution in [0.25, 0.3) is 0 Å². The monoisotopic (exact) mass is 504 g/mol. The van der Waals surface area contributed by atoms with Gasteiger partial charge >= 0.3 is 0 Å². The largest absolute Gasteiger partial charge is 0.379 e. The van der Waals surface area contributed by atoms with Crippen molar-refractivity contribution >= 4 is 29.1 Å². The van der Waals surface area contributed by atoms with Crippen molar-refractivity contribution in [1.82, 2.24) is 25.1 Å². The topological polar surface area (TPSA) is 140 Å². The van der Waals surface area contributed by atoms with Gasteiger partial charge in [-0.3, -0.25) is 14.3 Å². The molecule has 0 spiro atoms. The van der Waals surface area contributed by atoms with Gasteiger partial charge in [0, 0.05) is 42.9 Å². The molecule has 0 bridgehead atoms. The first-order valence-electron chi connectivity index (χ1n) is 12.4. The number of nitrogens with two attached hydrogens (primary N) is 1. The number of hydrogen-bond acceptors (Lipinski definition) is 8. The lowest BCUT2D eigenvalue weighted by Gasteiger charge is -2.40. The SMILES string of the molecule is C[C@@H]1[C@H](NC(=O)c2ccc(C3(C)COC3)cc2)CCCN1c1cnc(C(N)=O)c(Nc2cnn(C)c2)n1. The van der Waals surface area contributed by atoms with E-state index in [1.54, 1.807) is 30.3 Å². The Bertz CT molecular complexity index is 1300. The molecule has 2 atom stereocenters. The van der Waals surface area contributed by atoms with Crippen molar-refractivity contribution in [3.63, 3.8) is 0 Å². The average molecular weight is 505 g/mol. The first kappa shape index (κ1) is 24.7. The molecular weight excluding hydrogens is 472 g/mol. The number of nitrogens with zero attached hydrogens (tertiary/aromatic N) is 5. The van der Waals surface area contributed by atoms with Gasteiger partial charge in [0.05, 0.1) is 31.3 Å². The van der Waals surface area contributed by atoms with Gasteiger partial charge in [-0.15, -0.1) is 0 Å². The second kappa shape index (κ2) is 9.81. The van der Waals surface area contributed by atoms with Gasteiger partial charge in [-0.1, -0.05) is 19.1 Å². The summed E-state index contributed by atoms with van der Waals surface area (Å²) in [5.41, 5.74) is 8.09.